The SMILES string of the molecule is CCC(CC(CC)(CC)[CH2][Cr]([CH2]C(CC)(CC)CC(CC)C(CC)(CC)CC)[CH2]C(CC)(CC)CC(CC)C(CC)(CC)CC)C(CC)(CC)CC. The second-order valence-corrected chi connectivity index (χ2v) is 22.1. The van der Waals surface area contributed by atoms with Crippen LogP contribution in [0.4, 0.5) is 0 Å². The van der Waals surface area contributed by atoms with Gasteiger partial charge in [0.15, 0.2) is 0 Å². The maximum atomic E-state index is 2.61. The molecular weight excluding hydrogens is 665 g/mol. The van der Waals surface area contributed by atoms with Gasteiger partial charge in [-0.05, 0) is 0 Å². The molecule has 0 aliphatic carbocycles. The van der Waals surface area contributed by atoms with Crippen molar-refractivity contribution in [2.75, 3.05) is 0 Å². The Morgan fingerprint density at radius 1 is 0.269 bits per heavy atom. The summed E-state index contributed by atoms with van der Waals surface area (Å²) in [6.45, 7) is 45.9. The van der Waals surface area contributed by atoms with E-state index in [9.17, 15) is 0 Å². The van der Waals surface area contributed by atoms with Crippen LogP contribution < -0.4 is 0 Å². The van der Waals surface area contributed by atoms with Gasteiger partial charge in [-0.2, -0.15) is 0 Å². The van der Waals surface area contributed by atoms with Crippen molar-refractivity contribution < 1.29 is 14.1 Å². The second kappa shape index (κ2) is 25.0. The predicted octanol–water partition coefficient (Wildman–Crippen LogP) is 19.2. The number of hydrogen-bond donors (Lipinski definition) is 0. The van der Waals surface area contributed by atoms with Crippen LogP contribution in [0.15, 0.2) is 0 Å². The Morgan fingerprint density at radius 2 is 0.442 bits per heavy atom. The molecule has 0 fully saturated rings. The molecule has 0 nitrogen and oxygen atoms in total. The van der Waals surface area contributed by atoms with Crippen LogP contribution in [0.1, 0.15) is 259 Å². The third-order valence-corrected chi connectivity index (χ3v) is 23.3. The van der Waals surface area contributed by atoms with E-state index >= 15 is 0 Å². The molecule has 0 heterocycles. The summed E-state index contributed by atoms with van der Waals surface area (Å²) in [7, 11) is 0. The van der Waals surface area contributed by atoms with Gasteiger partial charge in [0.05, 0.1) is 0 Å². The Balaban J connectivity index is 7.52. The monoisotopic (exact) mass is 770 g/mol. The van der Waals surface area contributed by atoms with E-state index in [4.69, 9.17) is 0 Å². The number of hydrogen-bond acceptors (Lipinski definition) is 0. The van der Waals surface area contributed by atoms with Crippen LogP contribution in [0.2, 0.25) is 15.8 Å². The maximum absolute atomic E-state index is 2.61. The summed E-state index contributed by atoms with van der Waals surface area (Å²) in [5.41, 5.74) is 3.07. The van der Waals surface area contributed by atoms with E-state index < -0.39 is 14.1 Å². The van der Waals surface area contributed by atoms with Gasteiger partial charge >= 0.3 is 340 Å². The molecule has 0 saturated carbocycles. The summed E-state index contributed by atoms with van der Waals surface area (Å²) in [5, 5.41) is 4.76. The second-order valence-electron chi connectivity index (χ2n) is 18.9. The van der Waals surface area contributed by atoms with Gasteiger partial charge in [0.25, 0.3) is 0 Å². The van der Waals surface area contributed by atoms with E-state index in [1.54, 1.807) is 15.8 Å². The van der Waals surface area contributed by atoms with Gasteiger partial charge in [-0.3, -0.25) is 0 Å². The van der Waals surface area contributed by atoms with Crippen LogP contribution in [-0.2, 0) is 14.1 Å². The Bertz CT molecular complexity index is 721. The van der Waals surface area contributed by atoms with Crippen molar-refractivity contribution in [2.24, 2.45) is 50.2 Å². The predicted molar refractivity (Wildman–Crippen MR) is 239 cm³/mol. The molecule has 0 aliphatic rings. The van der Waals surface area contributed by atoms with Crippen molar-refractivity contribution in [1.29, 1.82) is 0 Å². The Labute approximate surface area is 338 Å². The van der Waals surface area contributed by atoms with E-state index in [2.05, 4.69) is 125 Å². The van der Waals surface area contributed by atoms with Crippen LogP contribution in [0.3, 0.4) is 0 Å². The number of rotatable bonds is 33. The first kappa shape index (κ1) is 52.5. The third kappa shape index (κ3) is 12.5. The van der Waals surface area contributed by atoms with E-state index in [1.807, 2.05) is 0 Å². The summed E-state index contributed by atoms with van der Waals surface area (Å²) >= 11 is -0.969. The zero-order valence-electron chi connectivity index (χ0n) is 40.1. The molecule has 0 rings (SSSR count). The van der Waals surface area contributed by atoms with Crippen molar-refractivity contribution in [3.8, 4) is 0 Å². The molecule has 0 saturated heterocycles. The molecule has 3 atom stereocenters. The molecule has 1 heteroatoms. The molecule has 0 amide bonds. The van der Waals surface area contributed by atoms with Gasteiger partial charge in [0, 0.05) is 0 Å². The third-order valence-electron chi connectivity index (χ3n) is 18.5. The average molecular weight is 770 g/mol. The van der Waals surface area contributed by atoms with Crippen LogP contribution in [-0.4, -0.2) is 0 Å². The first-order chi connectivity index (χ1) is 24.7. The fraction of sp³-hybridized carbons (Fsp3) is 1.00. The molecule has 0 bridgehead atoms. The normalized spacial score (nSPS) is 15.8. The standard InChI is InChI=1S/3C17H35.Cr/c3*1-8-15(14-16(7,9-2)10-3)17(11-4,12-5)13-6;/h3*15H,7-14H2,1-6H3;. The van der Waals surface area contributed by atoms with Gasteiger partial charge in [-0.15, -0.1) is 0 Å². The fourth-order valence-electron chi connectivity index (χ4n) is 12.7. The van der Waals surface area contributed by atoms with Gasteiger partial charge in [0.1, 0.15) is 0 Å². The molecule has 0 radical (unpaired) electrons. The van der Waals surface area contributed by atoms with Gasteiger partial charge in [0.2, 0.25) is 0 Å². The van der Waals surface area contributed by atoms with Crippen LogP contribution in [0.5, 0.6) is 0 Å². The van der Waals surface area contributed by atoms with E-state index in [0.29, 0.717) is 32.5 Å². The Hall–Kier alpha value is 0.532. The summed E-state index contributed by atoms with van der Waals surface area (Å²) < 4.78 is 0. The van der Waals surface area contributed by atoms with Crippen molar-refractivity contribution in [1.82, 2.24) is 0 Å². The first-order valence-corrected chi connectivity index (χ1v) is 27.0. The van der Waals surface area contributed by atoms with Crippen molar-refractivity contribution in [2.45, 2.75) is 275 Å². The molecule has 0 spiro atoms. The van der Waals surface area contributed by atoms with Gasteiger partial charge in [-0.25, -0.2) is 0 Å². The van der Waals surface area contributed by atoms with E-state index in [1.165, 1.54) is 135 Å². The molecule has 0 N–H and O–H groups in total. The Kier molecular flexibility index (Phi) is 25.3. The summed E-state index contributed by atoms with van der Waals surface area (Å²) in [4.78, 5) is 0. The van der Waals surface area contributed by atoms with Crippen molar-refractivity contribution in [3.05, 3.63) is 0 Å². The summed E-state index contributed by atoms with van der Waals surface area (Å²) in [5.74, 6) is 2.57. The summed E-state index contributed by atoms with van der Waals surface area (Å²) in [6, 6.07) is 0. The summed E-state index contributed by atoms with van der Waals surface area (Å²) in [6.07, 6.45) is 29.0. The minimum atomic E-state index is -0.969. The minimum absolute atomic E-state index is 0.505. The Morgan fingerprint density at radius 3 is 0.558 bits per heavy atom. The first-order valence-electron chi connectivity index (χ1n) is 24.3. The quantitative estimate of drug-likeness (QED) is 0.0624. The molecule has 315 valence electrons. The molecule has 0 aromatic heterocycles. The zero-order valence-corrected chi connectivity index (χ0v) is 41.4. The van der Waals surface area contributed by atoms with Gasteiger partial charge in [-0.1, -0.05) is 0 Å². The van der Waals surface area contributed by atoms with Crippen molar-refractivity contribution >= 4 is 0 Å². The fourth-order valence-corrected chi connectivity index (χ4v) is 19.7. The molecule has 52 heavy (non-hydrogen) atoms. The van der Waals surface area contributed by atoms with Gasteiger partial charge < -0.3 is 0 Å². The molecule has 0 aromatic carbocycles. The van der Waals surface area contributed by atoms with E-state index in [0.717, 1.165) is 17.8 Å². The molecular formula is C51H105Cr. The molecule has 3 unspecified atom stereocenters. The van der Waals surface area contributed by atoms with Crippen LogP contribution in [0.25, 0.3) is 0 Å². The average Bonchev–Trinajstić information content (AvgIpc) is 3.20. The topological polar surface area (TPSA) is 0 Å². The van der Waals surface area contributed by atoms with Crippen LogP contribution >= 0.6 is 0 Å². The molecule has 0 aromatic rings. The molecule has 0 aliphatic heterocycles. The van der Waals surface area contributed by atoms with Crippen LogP contribution in [0, 0.1) is 50.2 Å². The van der Waals surface area contributed by atoms with Crippen molar-refractivity contribution in [3.63, 3.8) is 0 Å². The van der Waals surface area contributed by atoms with E-state index in [-0.39, 0.29) is 0 Å². The zero-order chi connectivity index (χ0) is 40.3.